The SMILES string of the molecule is CN1CC2CCC(C1)N2C(=O)O. The number of likely N-dealkylation sites (tertiary alicyclic amines) is 1. The second kappa shape index (κ2) is 2.62. The van der Waals surface area contributed by atoms with Gasteiger partial charge in [0, 0.05) is 25.2 Å². The number of rotatable bonds is 0. The predicted molar refractivity (Wildman–Crippen MR) is 44.2 cm³/mol. The number of piperazine rings is 1. The Morgan fingerprint density at radius 3 is 2.25 bits per heavy atom. The molecule has 0 aromatic heterocycles. The van der Waals surface area contributed by atoms with Gasteiger partial charge in [0.1, 0.15) is 0 Å². The third-order valence-electron chi connectivity index (χ3n) is 2.89. The lowest BCUT2D eigenvalue weighted by Crippen LogP contribution is -2.54. The van der Waals surface area contributed by atoms with Gasteiger partial charge in [0.15, 0.2) is 0 Å². The molecule has 2 rings (SSSR count). The Labute approximate surface area is 71.8 Å². The highest BCUT2D eigenvalue weighted by atomic mass is 16.4. The van der Waals surface area contributed by atoms with Crippen LogP contribution in [0.3, 0.4) is 0 Å². The van der Waals surface area contributed by atoms with Gasteiger partial charge in [-0.2, -0.15) is 0 Å². The third-order valence-corrected chi connectivity index (χ3v) is 2.89. The maximum absolute atomic E-state index is 10.8. The highest BCUT2D eigenvalue weighted by molar-refractivity contribution is 5.66. The number of carboxylic acid groups (broad SMARTS) is 1. The number of amides is 1. The monoisotopic (exact) mass is 170 g/mol. The van der Waals surface area contributed by atoms with Crippen LogP contribution in [-0.2, 0) is 0 Å². The lowest BCUT2D eigenvalue weighted by molar-refractivity contribution is 0.0727. The number of hydrogen-bond acceptors (Lipinski definition) is 2. The molecule has 4 heteroatoms. The van der Waals surface area contributed by atoms with Crippen molar-refractivity contribution in [2.24, 2.45) is 0 Å². The van der Waals surface area contributed by atoms with Gasteiger partial charge in [-0.3, -0.25) is 4.90 Å². The van der Waals surface area contributed by atoms with Crippen molar-refractivity contribution in [1.29, 1.82) is 0 Å². The summed E-state index contributed by atoms with van der Waals surface area (Å²) in [5.74, 6) is 0. The lowest BCUT2D eigenvalue weighted by atomic mass is 10.2. The summed E-state index contributed by atoms with van der Waals surface area (Å²) >= 11 is 0. The van der Waals surface area contributed by atoms with Gasteiger partial charge in [0.25, 0.3) is 0 Å². The maximum Gasteiger partial charge on any atom is 0.407 e. The van der Waals surface area contributed by atoms with E-state index in [4.69, 9.17) is 5.11 Å². The Morgan fingerprint density at radius 1 is 1.33 bits per heavy atom. The molecule has 1 N–H and O–H groups in total. The van der Waals surface area contributed by atoms with Crippen molar-refractivity contribution in [3.8, 4) is 0 Å². The van der Waals surface area contributed by atoms with Crippen molar-refractivity contribution in [3.05, 3.63) is 0 Å². The van der Waals surface area contributed by atoms with E-state index in [-0.39, 0.29) is 12.1 Å². The van der Waals surface area contributed by atoms with Crippen molar-refractivity contribution in [3.63, 3.8) is 0 Å². The van der Waals surface area contributed by atoms with Crippen LogP contribution in [0.1, 0.15) is 12.8 Å². The first kappa shape index (κ1) is 7.86. The molecule has 2 fully saturated rings. The zero-order valence-corrected chi connectivity index (χ0v) is 7.23. The van der Waals surface area contributed by atoms with E-state index >= 15 is 0 Å². The van der Waals surface area contributed by atoms with Crippen LogP contribution in [-0.4, -0.2) is 53.2 Å². The molecule has 0 radical (unpaired) electrons. The predicted octanol–water partition coefficient (Wildman–Crippen LogP) is 0.443. The van der Waals surface area contributed by atoms with Crippen LogP contribution in [0, 0.1) is 0 Å². The molecule has 2 unspecified atom stereocenters. The Kier molecular flexibility index (Phi) is 1.72. The summed E-state index contributed by atoms with van der Waals surface area (Å²) in [5, 5.41) is 8.91. The summed E-state index contributed by atoms with van der Waals surface area (Å²) in [6.07, 6.45) is 1.35. The number of hydrogen-bond donors (Lipinski definition) is 1. The van der Waals surface area contributed by atoms with Gasteiger partial charge in [0.05, 0.1) is 0 Å². The first-order chi connectivity index (χ1) is 5.68. The van der Waals surface area contributed by atoms with Crippen LogP contribution in [0.5, 0.6) is 0 Å². The van der Waals surface area contributed by atoms with Gasteiger partial charge in [-0.25, -0.2) is 4.79 Å². The molecule has 2 heterocycles. The minimum atomic E-state index is -0.740. The molecular formula is C8H14N2O2. The minimum absolute atomic E-state index is 0.256. The molecule has 0 aromatic rings. The van der Waals surface area contributed by atoms with Crippen molar-refractivity contribution in [2.45, 2.75) is 24.9 Å². The van der Waals surface area contributed by atoms with Gasteiger partial charge in [-0.15, -0.1) is 0 Å². The molecular weight excluding hydrogens is 156 g/mol. The molecule has 2 saturated heterocycles. The second-order valence-corrected chi connectivity index (χ2v) is 3.80. The Hall–Kier alpha value is -0.770. The maximum atomic E-state index is 10.8. The van der Waals surface area contributed by atoms with Gasteiger partial charge in [0.2, 0.25) is 0 Å². The Balaban J connectivity index is 2.14. The van der Waals surface area contributed by atoms with Gasteiger partial charge in [-0.1, -0.05) is 0 Å². The van der Waals surface area contributed by atoms with Crippen molar-refractivity contribution >= 4 is 6.09 Å². The van der Waals surface area contributed by atoms with Crippen molar-refractivity contribution in [1.82, 2.24) is 9.80 Å². The fourth-order valence-electron chi connectivity index (χ4n) is 2.43. The van der Waals surface area contributed by atoms with Crippen LogP contribution >= 0.6 is 0 Å². The Morgan fingerprint density at radius 2 is 1.83 bits per heavy atom. The number of fused-ring (bicyclic) bond motifs is 2. The Bertz CT molecular complexity index is 193. The van der Waals surface area contributed by atoms with E-state index in [0.717, 1.165) is 25.9 Å². The standard InChI is InChI=1S/C8H14N2O2/c1-9-4-6-2-3-7(5-9)10(6)8(11)12/h6-7H,2-5H2,1H3,(H,11,12). The molecule has 0 spiro atoms. The summed E-state index contributed by atoms with van der Waals surface area (Å²) < 4.78 is 0. The second-order valence-electron chi connectivity index (χ2n) is 3.80. The molecule has 2 atom stereocenters. The fourth-order valence-corrected chi connectivity index (χ4v) is 2.43. The lowest BCUT2D eigenvalue weighted by Gasteiger charge is -2.37. The molecule has 2 bridgehead atoms. The van der Waals surface area contributed by atoms with Crippen LogP contribution in [0.4, 0.5) is 4.79 Å². The molecule has 68 valence electrons. The topological polar surface area (TPSA) is 43.8 Å². The molecule has 2 aliphatic rings. The molecule has 0 aromatic carbocycles. The number of nitrogens with zero attached hydrogens (tertiary/aromatic N) is 2. The minimum Gasteiger partial charge on any atom is -0.465 e. The highest BCUT2D eigenvalue weighted by Gasteiger charge is 2.41. The summed E-state index contributed by atoms with van der Waals surface area (Å²) in [7, 11) is 2.06. The summed E-state index contributed by atoms with van der Waals surface area (Å²) in [4.78, 5) is 14.7. The molecule has 1 amide bonds. The summed E-state index contributed by atoms with van der Waals surface area (Å²) in [5.41, 5.74) is 0. The zero-order chi connectivity index (χ0) is 8.72. The average molecular weight is 170 g/mol. The number of likely N-dealkylation sites (N-methyl/N-ethyl adjacent to an activating group) is 1. The average Bonchev–Trinajstić information content (AvgIpc) is 2.24. The first-order valence-corrected chi connectivity index (χ1v) is 4.38. The molecule has 0 aliphatic carbocycles. The van der Waals surface area contributed by atoms with Gasteiger partial charge < -0.3 is 10.0 Å². The van der Waals surface area contributed by atoms with E-state index in [1.54, 1.807) is 4.90 Å². The van der Waals surface area contributed by atoms with E-state index in [1.807, 2.05) is 0 Å². The van der Waals surface area contributed by atoms with E-state index in [0.29, 0.717) is 0 Å². The van der Waals surface area contributed by atoms with Crippen LogP contribution in [0.2, 0.25) is 0 Å². The van der Waals surface area contributed by atoms with E-state index in [2.05, 4.69) is 11.9 Å². The van der Waals surface area contributed by atoms with E-state index < -0.39 is 6.09 Å². The normalized spacial score (nSPS) is 35.6. The quantitative estimate of drug-likeness (QED) is 0.573. The van der Waals surface area contributed by atoms with Crippen LogP contribution in [0.15, 0.2) is 0 Å². The molecule has 2 aliphatic heterocycles. The summed E-state index contributed by atoms with van der Waals surface area (Å²) in [6, 6.07) is 0.512. The highest BCUT2D eigenvalue weighted by Crippen LogP contribution is 2.29. The fraction of sp³-hybridized carbons (Fsp3) is 0.875. The van der Waals surface area contributed by atoms with Crippen LogP contribution < -0.4 is 0 Å². The van der Waals surface area contributed by atoms with Crippen molar-refractivity contribution < 1.29 is 9.90 Å². The largest absolute Gasteiger partial charge is 0.465 e. The number of carbonyl (C=O) groups is 1. The van der Waals surface area contributed by atoms with E-state index in [1.165, 1.54) is 0 Å². The van der Waals surface area contributed by atoms with Gasteiger partial charge >= 0.3 is 6.09 Å². The molecule has 0 saturated carbocycles. The van der Waals surface area contributed by atoms with Crippen molar-refractivity contribution in [2.75, 3.05) is 20.1 Å². The smallest absolute Gasteiger partial charge is 0.407 e. The van der Waals surface area contributed by atoms with Crippen LogP contribution in [0.25, 0.3) is 0 Å². The van der Waals surface area contributed by atoms with Gasteiger partial charge in [-0.05, 0) is 19.9 Å². The molecule has 4 nitrogen and oxygen atoms in total. The zero-order valence-electron chi connectivity index (χ0n) is 7.23. The first-order valence-electron chi connectivity index (χ1n) is 4.38. The molecule has 12 heavy (non-hydrogen) atoms. The third kappa shape index (κ3) is 1.06. The van der Waals surface area contributed by atoms with E-state index in [9.17, 15) is 4.79 Å². The summed E-state index contributed by atoms with van der Waals surface area (Å²) in [6.45, 7) is 1.81.